The van der Waals surface area contributed by atoms with Gasteiger partial charge in [-0.25, -0.2) is 0 Å². The topological polar surface area (TPSA) is 64.1 Å². The van der Waals surface area contributed by atoms with E-state index in [1.165, 1.54) is 0 Å². The highest BCUT2D eigenvalue weighted by Crippen LogP contribution is 2.14. The molecule has 2 rings (SSSR count). The lowest BCUT2D eigenvalue weighted by atomic mass is 10.1. The van der Waals surface area contributed by atoms with Crippen LogP contribution in [0.2, 0.25) is 0 Å². The van der Waals surface area contributed by atoms with Crippen LogP contribution >= 0.6 is 0 Å². The Labute approximate surface area is 111 Å². The van der Waals surface area contributed by atoms with Gasteiger partial charge < -0.3 is 10.1 Å². The van der Waals surface area contributed by atoms with Crippen molar-refractivity contribution in [2.45, 2.75) is 0 Å². The van der Waals surface area contributed by atoms with E-state index in [4.69, 9.17) is 4.74 Å². The average molecular weight is 257 g/mol. The van der Waals surface area contributed by atoms with Gasteiger partial charge in [-0.3, -0.25) is 14.8 Å². The lowest BCUT2D eigenvalue weighted by molar-refractivity contribution is 0.0937. The van der Waals surface area contributed by atoms with Crippen molar-refractivity contribution in [3.8, 4) is 11.3 Å². The van der Waals surface area contributed by atoms with Crippen LogP contribution in [0.5, 0.6) is 0 Å². The van der Waals surface area contributed by atoms with Gasteiger partial charge in [0.2, 0.25) is 0 Å². The molecule has 0 atom stereocenters. The number of amides is 1. The molecular formula is C14H15N3O2. The van der Waals surface area contributed by atoms with Crippen LogP contribution in [-0.2, 0) is 4.74 Å². The third-order valence-electron chi connectivity index (χ3n) is 2.57. The van der Waals surface area contributed by atoms with Gasteiger partial charge in [0.05, 0.1) is 17.9 Å². The third-order valence-corrected chi connectivity index (χ3v) is 2.57. The first-order valence-corrected chi connectivity index (χ1v) is 5.95. The number of carbonyl (C=O) groups excluding carboxylic acids is 1. The summed E-state index contributed by atoms with van der Waals surface area (Å²) in [4.78, 5) is 20.0. The first kappa shape index (κ1) is 13.2. The van der Waals surface area contributed by atoms with Crippen LogP contribution in [0, 0.1) is 0 Å². The summed E-state index contributed by atoms with van der Waals surface area (Å²) < 4.78 is 4.87. The number of methoxy groups -OCH3 is 1. The Morgan fingerprint density at radius 1 is 1.32 bits per heavy atom. The van der Waals surface area contributed by atoms with E-state index in [0.29, 0.717) is 18.7 Å². The van der Waals surface area contributed by atoms with Crippen molar-refractivity contribution < 1.29 is 9.53 Å². The first-order valence-electron chi connectivity index (χ1n) is 5.95. The second-order valence-electron chi connectivity index (χ2n) is 3.92. The van der Waals surface area contributed by atoms with Gasteiger partial charge in [0.1, 0.15) is 0 Å². The Balaban J connectivity index is 2.04. The quantitative estimate of drug-likeness (QED) is 0.825. The summed E-state index contributed by atoms with van der Waals surface area (Å²) in [6, 6.07) is 7.33. The second kappa shape index (κ2) is 6.61. The van der Waals surface area contributed by atoms with Crippen molar-refractivity contribution in [1.29, 1.82) is 0 Å². The van der Waals surface area contributed by atoms with Crippen molar-refractivity contribution in [3.63, 3.8) is 0 Å². The Morgan fingerprint density at radius 3 is 2.84 bits per heavy atom. The summed E-state index contributed by atoms with van der Waals surface area (Å²) in [5.41, 5.74) is 2.25. The molecule has 5 heteroatoms. The Hall–Kier alpha value is -2.27. The first-order chi connectivity index (χ1) is 9.31. The molecule has 0 aliphatic heterocycles. The Morgan fingerprint density at radius 2 is 2.21 bits per heavy atom. The zero-order valence-corrected chi connectivity index (χ0v) is 10.7. The van der Waals surface area contributed by atoms with Crippen LogP contribution < -0.4 is 5.32 Å². The minimum absolute atomic E-state index is 0.151. The van der Waals surface area contributed by atoms with Gasteiger partial charge in [-0.1, -0.05) is 0 Å². The van der Waals surface area contributed by atoms with Crippen LogP contribution in [0.1, 0.15) is 10.4 Å². The predicted molar refractivity (Wildman–Crippen MR) is 71.7 cm³/mol. The van der Waals surface area contributed by atoms with E-state index in [2.05, 4.69) is 15.3 Å². The van der Waals surface area contributed by atoms with Gasteiger partial charge in [-0.05, 0) is 24.3 Å². The van der Waals surface area contributed by atoms with Gasteiger partial charge in [0.25, 0.3) is 5.91 Å². The summed E-state index contributed by atoms with van der Waals surface area (Å²) in [7, 11) is 1.59. The molecule has 0 saturated carbocycles. The fourth-order valence-corrected chi connectivity index (χ4v) is 1.58. The van der Waals surface area contributed by atoms with E-state index >= 15 is 0 Å². The molecule has 0 aliphatic rings. The summed E-state index contributed by atoms with van der Waals surface area (Å²) in [6.07, 6.45) is 5.01. The molecule has 0 saturated heterocycles. The van der Waals surface area contributed by atoms with Crippen LogP contribution in [0.25, 0.3) is 11.3 Å². The maximum absolute atomic E-state index is 11.7. The molecule has 2 aromatic rings. The number of carbonyl (C=O) groups is 1. The van der Waals surface area contributed by atoms with Gasteiger partial charge in [-0.2, -0.15) is 0 Å². The maximum Gasteiger partial charge on any atom is 0.252 e. The van der Waals surface area contributed by atoms with Gasteiger partial charge in [0.15, 0.2) is 0 Å². The lowest BCUT2D eigenvalue weighted by Crippen LogP contribution is -2.26. The largest absolute Gasteiger partial charge is 0.383 e. The minimum Gasteiger partial charge on any atom is -0.383 e. The molecule has 5 nitrogen and oxygen atoms in total. The summed E-state index contributed by atoms with van der Waals surface area (Å²) >= 11 is 0. The molecular weight excluding hydrogens is 242 g/mol. The molecule has 1 N–H and O–H groups in total. The number of hydrogen-bond acceptors (Lipinski definition) is 4. The third kappa shape index (κ3) is 3.59. The zero-order chi connectivity index (χ0) is 13.5. The SMILES string of the molecule is COCCNC(=O)c1ccc(-c2cccnc2)nc1. The van der Waals surface area contributed by atoms with Gasteiger partial charge in [0, 0.05) is 37.8 Å². The van der Waals surface area contributed by atoms with Crippen LogP contribution in [0.4, 0.5) is 0 Å². The number of nitrogens with zero attached hydrogens (tertiary/aromatic N) is 2. The fraction of sp³-hybridized carbons (Fsp3) is 0.214. The highest BCUT2D eigenvalue weighted by atomic mass is 16.5. The van der Waals surface area contributed by atoms with Crippen molar-refractivity contribution in [3.05, 3.63) is 48.4 Å². The number of aromatic nitrogens is 2. The number of nitrogens with one attached hydrogen (secondary N) is 1. The Bertz CT molecular complexity index is 526. The number of ether oxygens (including phenoxy) is 1. The monoisotopic (exact) mass is 257 g/mol. The summed E-state index contributed by atoms with van der Waals surface area (Å²) in [6.45, 7) is 0.979. The smallest absolute Gasteiger partial charge is 0.252 e. The van der Waals surface area contributed by atoms with Crippen molar-refractivity contribution in [1.82, 2.24) is 15.3 Å². The van der Waals surface area contributed by atoms with E-state index in [9.17, 15) is 4.79 Å². The highest BCUT2D eigenvalue weighted by molar-refractivity contribution is 5.94. The molecule has 98 valence electrons. The summed E-state index contributed by atoms with van der Waals surface area (Å²) in [5, 5.41) is 2.74. The van der Waals surface area contributed by atoms with E-state index in [0.717, 1.165) is 11.3 Å². The van der Waals surface area contributed by atoms with E-state index in [1.807, 2.05) is 18.2 Å². The Kier molecular flexibility index (Phi) is 4.58. The van der Waals surface area contributed by atoms with Gasteiger partial charge >= 0.3 is 0 Å². The average Bonchev–Trinajstić information content (AvgIpc) is 2.48. The normalized spacial score (nSPS) is 10.2. The van der Waals surface area contributed by atoms with Crippen molar-refractivity contribution in [2.24, 2.45) is 0 Å². The highest BCUT2D eigenvalue weighted by Gasteiger charge is 2.06. The molecule has 0 spiro atoms. The molecule has 19 heavy (non-hydrogen) atoms. The summed E-state index contributed by atoms with van der Waals surface area (Å²) in [5.74, 6) is -0.151. The van der Waals surface area contributed by atoms with Crippen LogP contribution in [-0.4, -0.2) is 36.1 Å². The number of hydrogen-bond donors (Lipinski definition) is 1. The second-order valence-corrected chi connectivity index (χ2v) is 3.92. The molecule has 0 bridgehead atoms. The predicted octanol–water partition coefficient (Wildman–Crippen LogP) is 1.52. The fourth-order valence-electron chi connectivity index (χ4n) is 1.58. The molecule has 1 amide bonds. The molecule has 2 aromatic heterocycles. The molecule has 0 unspecified atom stereocenters. The van der Waals surface area contributed by atoms with E-state index < -0.39 is 0 Å². The van der Waals surface area contributed by atoms with Gasteiger partial charge in [-0.15, -0.1) is 0 Å². The zero-order valence-electron chi connectivity index (χ0n) is 10.7. The standard InChI is InChI=1S/C14H15N3O2/c1-19-8-7-16-14(18)12-4-5-13(17-10-12)11-3-2-6-15-9-11/h2-6,9-10H,7-8H2,1H3,(H,16,18). The molecule has 0 aromatic carbocycles. The van der Waals surface area contributed by atoms with E-state index in [-0.39, 0.29) is 5.91 Å². The van der Waals surface area contributed by atoms with Crippen molar-refractivity contribution >= 4 is 5.91 Å². The van der Waals surface area contributed by atoms with E-state index in [1.54, 1.807) is 31.8 Å². The van der Waals surface area contributed by atoms with Crippen LogP contribution in [0.3, 0.4) is 0 Å². The molecule has 0 aliphatic carbocycles. The number of rotatable bonds is 5. The van der Waals surface area contributed by atoms with Crippen LogP contribution in [0.15, 0.2) is 42.9 Å². The molecule has 0 radical (unpaired) electrons. The minimum atomic E-state index is -0.151. The number of pyridine rings is 2. The lowest BCUT2D eigenvalue weighted by Gasteiger charge is -2.05. The van der Waals surface area contributed by atoms with Crippen molar-refractivity contribution in [2.75, 3.05) is 20.3 Å². The maximum atomic E-state index is 11.7. The molecule has 0 fully saturated rings. The molecule has 2 heterocycles.